The number of carbonyl (C=O) groups is 1. The molecule has 2 aromatic rings. The van der Waals surface area contributed by atoms with E-state index >= 15 is 0 Å². The average Bonchev–Trinajstić information content (AvgIpc) is 2.98. The molecule has 2 heterocycles. The molecule has 23 heavy (non-hydrogen) atoms. The molecule has 0 radical (unpaired) electrons. The number of aryl methyl sites for hydroxylation is 1. The maximum Gasteiger partial charge on any atom is 0.341 e. The quantitative estimate of drug-likeness (QED) is 0.904. The molecule has 0 amide bonds. The number of rotatable bonds is 4. The van der Waals surface area contributed by atoms with E-state index in [0.29, 0.717) is 0 Å². The molecule has 0 bridgehead atoms. The van der Waals surface area contributed by atoms with Crippen molar-refractivity contribution in [2.45, 2.75) is 38.3 Å². The lowest BCUT2D eigenvalue weighted by atomic mass is 9.96. The predicted octanol–water partition coefficient (Wildman–Crippen LogP) is 3.51. The number of alkyl halides is 2. The molecule has 0 saturated heterocycles. The van der Waals surface area contributed by atoms with Crippen molar-refractivity contribution in [1.82, 2.24) is 9.78 Å². The highest BCUT2D eigenvalue weighted by Crippen LogP contribution is 2.39. The molecule has 0 aliphatic carbocycles. The molecule has 0 spiro atoms. The molecule has 1 aromatic carbocycles. The van der Waals surface area contributed by atoms with Crippen molar-refractivity contribution >= 4 is 11.8 Å². The lowest BCUT2D eigenvalue weighted by Crippen LogP contribution is -2.31. The SMILES string of the molecule is CCc1ccc(C2CC(C(F)F)n3ncc(C(=O)O)c3N2)cc1. The van der Waals surface area contributed by atoms with Crippen LogP contribution in [0.3, 0.4) is 0 Å². The van der Waals surface area contributed by atoms with E-state index in [9.17, 15) is 18.7 Å². The first-order valence-corrected chi connectivity index (χ1v) is 7.45. The van der Waals surface area contributed by atoms with Gasteiger partial charge in [-0.1, -0.05) is 31.2 Å². The van der Waals surface area contributed by atoms with Crippen LogP contribution in [0.5, 0.6) is 0 Å². The number of benzene rings is 1. The van der Waals surface area contributed by atoms with E-state index in [4.69, 9.17) is 0 Å². The number of hydrogen-bond acceptors (Lipinski definition) is 3. The summed E-state index contributed by atoms with van der Waals surface area (Å²) in [5.74, 6) is -1.05. The molecule has 2 atom stereocenters. The van der Waals surface area contributed by atoms with Crippen LogP contribution in [-0.4, -0.2) is 27.3 Å². The first-order valence-electron chi connectivity index (χ1n) is 7.45. The first-order chi connectivity index (χ1) is 11.0. The van der Waals surface area contributed by atoms with Crippen molar-refractivity contribution in [1.29, 1.82) is 0 Å². The van der Waals surface area contributed by atoms with Crippen LogP contribution in [0.2, 0.25) is 0 Å². The molecular formula is C16H17F2N3O2. The number of fused-ring (bicyclic) bond motifs is 1. The minimum absolute atomic E-state index is 0.0921. The van der Waals surface area contributed by atoms with Gasteiger partial charge < -0.3 is 10.4 Å². The van der Waals surface area contributed by atoms with Crippen LogP contribution < -0.4 is 5.32 Å². The van der Waals surface area contributed by atoms with Crippen molar-refractivity contribution in [3.63, 3.8) is 0 Å². The molecule has 0 saturated carbocycles. The van der Waals surface area contributed by atoms with Gasteiger partial charge in [0.05, 0.1) is 12.2 Å². The van der Waals surface area contributed by atoms with Gasteiger partial charge in [-0.05, 0) is 24.0 Å². The number of aromatic carboxylic acids is 1. The van der Waals surface area contributed by atoms with E-state index in [1.165, 1.54) is 0 Å². The maximum atomic E-state index is 13.4. The van der Waals surface area contributed by atoms with Crippen molar-refractivity contribution in [2.75, 3.05) is 5.32 Å². The molecule has 1 aliphatic rings. The van der Waals surface area contributed by atoms with Gasteiger partial charge in [0.1, 0.15) is 17.4 Å². The Hall–Kier alpha value is -2.44. The van der Waals surface area contributed by atoms with Crippen LogP contribution in [0.1, 0.15) is 46.9 Å². The van der Waals surface area contributed by atoms with Crippen molar-refractivity contribution in [3.8, 4) is 0 Å². The lowest BCUT2D eigenvalue weighted by Gasteiger charge is -2.32. The molecule has 0 fully saturated rings. The Morgan fingerprint density at radius 2 is 2.13 bits per heavy atom. The Balaban J connectivity index is 1.98. The summed E-state index contributed by atoms with van der Waals surface area (Å²) in [6.45, 7) is 2.04. The summed E-state index contributed by atoms with van der Waals surface area (Å²) >= 11 is 0. The molecule has 1 aliphatic heterocycles. The summed E-state index contributed by atoms with van der Waals surface area (Å²) in [7, 11) is 0. The van der Waals surface area contributed by atoms with Crippen LogP contribution in [0.25, 0.3) is 0 Å². The second kappa shape index (κ2) is 5.98. The summed E-state index contributed by atoms with van der Waals surface area (Å²) in [6.07, 6.45) is -0.456. The molecule has 2 unspecified atom stereocenters. The van der Waals surface area contributed by atoms with Crippen LogP contribution in [0.4, 0.5) is 14.6 Å². The second-order valence-electron chi connectivity index (χ2n) is 5.59. The van der Waals surface area contributed by atoms with Gasteiger partial charge in [0.15, 0.2) is 0 Å². The van der Waals surface area contributed by atoms with E-state index in [1.54, 1.807) is 0 Å². The topological polar surface area (TPSA) is 67.2 Å². The number of carboxylic acids is 1. The number of aromatic nitrogens is 2. The summed E-state index contributed by atoms with van der Waals surface area (Å²) in [5.41, 5.74) is 1.92. The third kappa shape index (κ3) is 2.78. The van der Waals surface area contributed by atoms with Crippen molar-refractivity contribution in [2.24, 2.45) is 0 Å². The summed E-state index contributed by atoms with van der Waals surface area (Å²) in [5, 5.41) is 16.1. The highest BCUT2D eigenvalue weighted by molar-refractivity contribution is 5.93. The van der Waals surface area contributed by atoms with E-state index in [0.717, 1.165) is 28.4 Å². The van der Waals surface area contributed by atoms with Crippen LogP contribution in [-0.2, 0) is 6.42 Å². The standard InChI is InChI=1S/C16H17F2N3O2/c1-2-9-3-5-10(6-4-9)12-7-13(14(17)18)21-15(20-12)11(8-19-21)16(22)23/h3-6,8,12-14,20H,2,7H2,1H3,(H,22,23). The fraction of sp³-hybridized carbons (Fsp3) is 0.375. The van der Waals surface area contributed by atoms with Gasteiger partial charge >= 0.3 is 5.97 Å². The average molecular weight is 321 g/mol. The highest BCUT2D eigenvalue weighted by atomic mass is 19.3. The van der Waals surface area contributed by atoms with Crippen molar-refractivity contribution < 1.29 is 18.7 Å². The number of carboxylic acid groups (broad SMARTS) is 1. The molecule has 1 aromatic heterocycles. The monoisotopic (exact) mass is 321 g/mol. The molecule has 3 rings (SSSR count). The number of hydrogen-bond donors (Lipinski definition) is 2. The van der Waals surface area contributed by atoms with Gasteiger partial charge in [0.25, 0.3) is 6.43 Å². The fourth-order valence-electron chi connectivity index (χ4n) is 2.89. The molecule has 122 valence electrons. The zero-order valence-electron chi connectivity index (χ0n) is 12.5. The Labute approximate surface area is 131 Å². The third-order valence-electron chi connectivity index (χ3n) is 4.21. The molecule has 2 N–H and O–H groups in total. The second-order valence-corrected chi connectivity index (χ2v) is 5.59. The van der Waals surface area contributed by atoms with Crippen LogP contribution in [0.15, 0.2) is 30.5 Å². The van der Waals surface area contributed by atoms with E-state index < -0.39 is 18.4 Å². The van der Waals surface area contributed by atoms with Gasteiger partial charge in [-0.3, -0.25) is 0 Å². The van der Waals surface area contributed by atoms with Gasteiger partial charge in [-0.15, -0.1) is 0 Å². The predicted molar refractivity (Wildman–Crippen MR) is 81.0 cm³/mol. The molecule has 5 nitrogen and oxygen atoms in total. The molecule has 7 heteroatoms. The number of anilines is 1. The minimum Gasteiger partial charge on any atom is -0.477 e. The summed E-state index contributed by atoms with van der Waals surface area (Å²) in [4.78, 5) is 11.3. The summed E-state index contributed by atoms with van der Waals surface area (Å²) < 4.78 is 27.9. The highest BCUT2D eigenvalue weighted by Gasteiger charge is 2.36. The lowest BCUT2D eigenvalue weighted by molar-refractivity contribution is 0.0644. The Bertz CT molecular complexity index is 713. The van der Waals surface area contributed by atoms with E-state index in [1.807, 2.05) is 31.2 Å². The van der Waals surface area contributed by atoms with Crippen LogP contribution >= 0.6 is 0 Å². The van der Waals surface area contributed by atoms with Crippen LogP contribution in [0, 0.1) is 0 Å². The number of halogens is 2. The van der Waals surface area contributed by atoms with Gasteiger partial charge in [-0.25, -0.2) is 18.3 Å². The number of nitrogens with zero attached hydrogens (tertiary/aromatic N) is 2. The van der Waals surface area contributed by atoms with Gasteiger partial charge in [0, 0.05) is 0 Å². The van der Waals surface area contributed by atoms with Crippen molar-refractivity contribution in [3.05, 3.63) is 47.2 Å². The Kier molecular flexibility index (Phi) is 4.02. The third-order valence-corrected chi connectivity index (χ3v) is 4.21. The van der Waals surface area contributed by atoms with Gasteiger partial charge in [0.2, 0.25) is 0 Å². The maximum absolute atomic E-state index is 13.4. The summed E-state index contributed by atoms with van der Waals surface area (Å²) in [6, 6.07) is 6.19. The smallest absolute Gasteiger partial charge is 0.341 e. The molecular weight excluding hydrogens is 304 g/mol. The van der Waals surface area contributed by atoms with E-state index in [2.05, 4.69) is 10.4 Å². The zero-order valence-corrected chi connectivity index (χ0v) is 12.5. The fourth-order valence-corrected chi connectivity index (χ4v) is 2.89. The normalized spacial score (nSPS) is 20.2. The zero-order chi connectivity index (χ0) is 16.6. The van der Waals surface area contributed by atoms with E-state index in [-0.39, 0.29) is 23.8 Å². The Morgan fingerprint density at radius 1 is 1.43 bits per heavy atom. The van der Waals surface area contributed by atoms with Gasteiger partial charge in [-0.2, -0.15) is 5.10 Å². The largest absolute Gasteiger partial charge is 0.477 e. The first kappa shape index (κ1) is 15.5. The Morgan fingerprint density at radius 3 is 2.70 bits per heavy atom. The minimum atomic E-state index is -2.62. The number of nitrogens with one attached hydrogen (secondary N) is 1.